The lowest BCUT2D eigenvalue weighted by molar-refractivity contribution is 0.0694. The molecule has 0 saturated carbocycles. The minimum atomic E-state index is -1.10. The van der Waals surface area contributed by atoms with E-state index >= 15 is 0 Å². The van der Waals surface area contributed by atoms with E-state index in [-0.39, 0.29) is 17.9 Å². The zero-order valence-electron chi connectivity index (χ0n) is 9.84. The van der Waals surface area contributed by atoms with Crippen molar-refractivity contribution in [3.8, 4) is 11.5 Å². The summed E-state index contributed by atoms with van der Waals surface area (Å²) in [6, 6.07) is 11.1. The third-order valence-electron chi connectivity index (χ3n) is 2.54. The average molecular weight is 279 g/mol. The van der Waals surface area contributed by atoms with Crippen LogP contribution in [0, 0.1) is 0 Å². The number of halogens is 1. The number of carboxylic acid groups (broad SMARTS) is 1. The molecule has 4 nitrogen and oxygen atoms in total. The Kier molecular flexibility index (Phi) is 4.04. The molecule has 0 aliphatic heterocycles. The van der Waals surface area contributed by atoms with Crippen molar-refractivity contribution >= 4 is 17.6 Å². The number of hydrogen-bond donors (Lipinski definition) is 2. The molecule has 5 heteroatoms. The van der Waals surface area contributed by atoms with Crippen LogP contribution >= 0.6 is 11.6 Å². The summed E-state index contributed by atoms with van der Waals surface area (Å²) in [7, 11) is 0. The minimum Gasteiger partial charge on any atom is -0.478 e. The van der Waals surface area contributed by atoms with Gasteiger partial charge in [-0.3, -0.25) is 0 Å². The van der Waals surface area contributed by atoms with E-state index in [0.29, 0.717) is 16.3 Å². The number of ether oxygens (including phenoxy) is 1. The summed E-state index contributed by atoms with van der Waals surface area (Å²) in [5.41, 5.74) is 0.580. The maximum atomic E-state index is 11.1. The van der Waals surface area contributed by atoms with E-state index < -0.39 is 5.97 Å². The van der Waals surface area contributed by atoms with Crippen molar-refractivity contribution in [2.24, 2.45) is 0 Å². The second-order valence-corrected chi connectivity index (χ2v) is 4.25. The maximum absolute atomic E-state index is 11.1. The largest absolute Gasteiger partial charge is 0.478 e. The SMILES string of the molecule is O=C(O)c1ccc(Cl)cc1Oc1ccccc1CO. The van der Waals surface area contributed by atoms with Gasteiger partial charge in [0.25, 0.3) is 0 Å². The van der Waals surface area contributed by atoms with Gasteiger partial charge in [0.2, 0.25) is 0 Å². The van der Waals surface area contributed by atoms with Gasteiger partial charge in [0.15, 0.2) is 0 Å². The fourth-order valence-corrected chi connectivity index (χ4v) is 1.77. The van der Waals surface area contributed by atoms with Gasteiger partial charge in [-0.15, -0.1) is 0 Å². The van der Waals surface area contributed by atoms with Crippen molar-refractivity contribution in [3.63, 3.8) is 0 Å². The van der Waals surface area contributed by atoms with Crippen LogP contribution in [0.5, 0.6) is 11.5 Å². The molecular weight excluding hydrogens is 268 g/mol. The summed E-state index contributed by atoms with van der Waals surface area (Å²) in [5.74, 6) is -0.566. The summed E-state index contributed by atoms with van der Waals surface area (Å²) >= 11 is 5.84. The van der Waals surface area contributed by atoms with Gasteiger partial charge in [0, 0.05) is 16.7 Å². The molecule has 0 fully saturated rings. The molecule has 0 unspecified atom stereocenters. The molecule has 0 atom stereocenters. The Morgan fingerprint density at radius 1 is 1.16 bits per heavy atom. The van der Waals surface area contributed by atoms with Crippen LogP contribution in [0.1, 0.15) is 15.9 Å². The molecule has 0 bridgehead atoms. The Labute approximate surface area is 114 Å². The second-order valence-electron chi connectivity index (χ2n) is 3.81. The van der Waals surface area contributed by atoms with Crippen LogP contribution in [0.15, 0.2) is 42.5 Å². The first-order valence-electron chi connectivity index (χ1n) is 5.51. The van der Waals surface area contributed by atoms with Crippen molar-refractivity contribution < 1.29 is 19.7 Å². The van der Waals surface area contributed by atoms with Gasteiger partial charge < -0.3 is 14.9 Å². The second kappa shape index (κ2) is 5.73. The monoisotopic (exact) mass is 278 g/mol. The smallest absolute Gasteiger partial charge is 0.339 e. The molecule has 0 amide bonds. The number of hydrogen-bond acceptors (Lipinski definition) is 3. The van der Waals surface area contributed by atoms with Crippen LogP contribution in [0.4, 0.5) is 0 Å². The van der Waals surface area contributed by atoms with Crippen molar-refractivity contribution in [1.82, 2.24) is 0 Å². The Morgan fingerprint density at radius 2 is 1.89 bits per heavy atom. The lowest BCUT2D eigenvalue weighted by Gasteiger charge is -2.11. The van der Waals surface area contributed by atoms with Crippen molar-refractivity contribution in [2.75, 3.05) is 0 Å². The molecule has 2 N–H and O–H groups in total. The zero-order chi connectivity index (χ0) is 13.8. The van der Waals surface area contributed by atoms with E-state index in [9.17, 15) is 9.90 Å². The average Bonchev–Trinajstić information content (AvgIpc) is 2.39. The molecular formula is C14H11ClO4. The highest BCUT2D eigenvalue weighted by atomic mass is 35.5. The Hall–Kier alpha value is -2.04. The van der Waals surface area contributed by atoms with Crippen LogP contribution in [0.3, 0.4) is 0 Å². The minimum absolute atomic E-state index is 0.0112. The third kappa shape index (κ3) is 3.05. The fraction of sp³-hybridized carbons (Fsp3) is 0.0714. The van der Waals surface area contributed by atoms with E-state index in [0.717, 1.165) is 0 Å². The predicted octanol–water partition coefficient (Wildman–Crippen LogP) is 3.32. The van der Waals surface area contributed by atoms with E-state index in [2.05, 4.69) is 0 Å². The molecule has 2 aromatic carbocycles. The molecule has 98 valence electrons. The van der Waals surface area contributed by atoms with Crippen LogP contribution in [0.25, 0.3) is 0 Å². The Balaban J connectivity index is 2.42. The number of para-hydroxylation sites is 1. The highest BCUT2D eigenvalue weighted by Crippen LogP contribution is 2.30. The quantitative estimate of drug-likeness (QED) is 0.900. The van der Waals surface area contributed by atoms with Crippen molar-refractivity contribution in [1.29, 1.82) is 0 Å². The summed E-state index contributed by atoms with van der Waals surface area (Å²) in [5, 5.41) is 18.7. The summed E-state index contributed by atoms with van der Waals surface area (Å²) in [6.45, 7) is -0.195. The van der Waals surface area contributed by atoms with Gasteiger partial charge in [-0.05, 0) is 18.2 Å². The molecule has 0 heterocycles. The molecule has 2 aromatic rings. The first-order chi connectivity index (χ1) is 9.11. The predicted molar refractivity (Wildman–Crippen MR) is 70.9 cm³/mol. The number of aliphatic hydroxyl groups is 1. The first-order valence-corrected chi connectivity index (χ1v) is 5.89. The van der Waals surface area contributed by atoms with Gasteiger partial charge in [-0.1, -0.05) is 29.8 Å². The Morgan fingerprint density at radius 3 is 2.58 bits per heavy atom. The highest BCUT2D eigenvalue weighted by molar-refractivity contribution is 6.30. The van der Waals surface area contributed by atoms with E-state index in [1.807, 2.05) is 0 Å². The number of carbonyl (C=O) groups is 1. The van der Waals surface area contributed by atoms with Crippen molar-refractivity contribution in [2.45, 2.75) is 6.61 Å². The van der Waals surface area contributed by atoms with Crippen LogP contribution in [-0.2, 0) is 6.61 Å². The standard InChI is InChI=1S/C14H11ClO4/c15-10-5-6-11(14(17)18)13(7-10)19-12-4-2-1-3-9(12)8-16/h1-7,16H,8H2,(H,17,18). The fourth-order valence-electron chi connectivity index (χ4n) is 1.61. The summed E-state index contributed by atoms with van der Waals surface area (Å²) < 4.78 is 5.55. The number of aromatic carboxylic acids is 1. The molecule has 2 rings (SSSR count). The zero-order valence-corrected chi connectivity index (χ0v) is 10.6. The third-order valence-corrected chi connectivity index (χ3v) is 2.77. The summed E-state index contributed by atoms with van der Waals surface area (Å²) in [4.78, 5) is 11.1. The molecule has 0 saturated heterocycles. The van der Waals surface area contributed by atoms with Crippen LogP contribution < -0.4 is 4.74 Å². The number of benzene rings is 2. The van der Waals surface area contributed by atoms with E-state index in [4.69, 9.17) is 21.4 Å². The van der Waals surface area contributed by atoms with Gasteiger partial charge in [-0.2, -0.15) is 0 Å². The van der Waals surface area contributed by atoms with Gasteiger partial charge in [0.1, 0.15) is 17.1 Å². The maximum Gasteiger partial charge on any atom is 0.339 e. The van der Waals surface area contributed by atoms with Crippen LogP contribution in [0.2, 0.25) is 5.02 Å². The van der Waals surface area contributed by atoms with Gasteiger partial charge >= 0.3 is 5.97 Å². The van der Waals surface area contributed by atoms with E-state index in [1.165, 1.54) is 18.2 Å². The molecule has 0 aliphatic carbocycles. The molecule has 19 heavy (non-hydrogen) atoms. The van der Waals surface area contributed by atoms with Gasteiger partial charge in [0.05, 0.1) is 6.61 Å². The Bertz CT molecular complexity index is 610. The van der Waals surface area contributed by atoms with Gasteiger partial charge in [-0.25, -0.2) is 4.79 Å². The molecule has 0 spiro atoms. The summed E-state index contributed by atoms with van der Waals surface area (Å²) in [6.07, 6.45) is 0. The molecule has 0 radical (unpaired) electrons. The molecule has 0 aliphatic rings. The van der Waals surface area contributed by atoms with E-state index in [1.54, 1.807) is 24.3 Å². The first kappa shape index (κ1) is 13.4. The lowest BCUT2D eigenvalue weighted by atomic mass is 10.2. The van der Waals surface area contributed by atoms with Crippen LogP contribution in [-0.4, -0.2) is 16.2 Å². The number of rotatable bonds is 4. The van der Waals surface area contributed by atoms with Crippen molar-refractivity contribution in [3.05, 3.63) is 58.6 Å². The molecule has 0 aromatic heterocycles. The normalized spacial score (nSPS) is 10.2. The topological polar surface area (TPSA) is 66.8 Å². The number of carboxylic acids is 1. The number of aliphatic hydroxyl groups excluding tert-OH is 1. The lowest BCUT2D eigenvalue weighted by Crippen LogP contribution is -2.01. The highest BCUT2D eigenvalue weighted by Gasteiger charge is 2.13.